The third-order valence-electron chi connectivity index (χ3n) is 2.73. The van der Waals surface area contributed by atoms with Gasteiger partial charge in [0.05, 0.1) is 0 Å². The zero-order chi connectivity index (χ0) is 12.8. The summed E-state index contributed by atoms with van der Waals surface area (Å²) in [5.41, 5.74) is 7.52. The summed E-state index contributed by atoms with van der Waals surface area (Å²) in [6.07, 6.45) is 9.32. The molecule has 0 fully saturated rings. The molecule has 1 aromatic rings. The first-order valence-electron chi connectivity index (χ1n) is 5.90. The number of halogens is 1. The summed E-state index contributed by atoms with van der Waals surface area (Å²) in [6, 6.07) is 7.49. The van der Waals surface area contributed by atoms with Crippen LogP contribution < -0.4 is 10.9 Å². The van der Waals surface area contributed by atoms with E-state index in [0.717, 1.165) is 22.8 Å². The molecule has 0 saturated heterocycles. The predicted molar refractivity (Wildman–Crippen MR) is 80.8 cm³/mol. The second kappa shape index (κ2) is 6.58. The topological polar surface area (TPSA) is 41.1 Å². The fourth-order valence-electron chi connectivity index (χ4n) is 1.76. The van der Waals surface area contributed by atoms with Gasteiger partial charge in [0, 0.05) is 15.3 Å². The molecule has 94 valence electrons. The van der Waals surface area contributed by atoms with Crippen LogP contribution in [0.3, 0.4) is 0 Å². The molecule has 0 unspecified atom stereocenters. The summed E-state index contributed by atoms with van der Waals surface area (Å²) >= 11 is 2.19. The van der Waals surface area contributed by atoms with Gasteiger partial charge in [-0.2, -0.15) is 0 Å². The molecule has 1 aromatic carbocycles. The van der Waals surface area contributed by atoms with Crippen molar-refractivity contribution in [3.8, 4) is 0 Å². The number of carbonyl (C=O) groups excluding carboxylic acids is 1. The number of carbonyl (C=O) groups is 1. The number of hydrogen-bond donors (Lipinski definition) is 2. The van der Waals surface area contributed by atoms with E-state index in [2.05, 4.69) is 45.6 Å². The van der Waals surface area contributed by atoms with Gasteiger partial charge in [0.1, 0.15) is 0 Å². The Morgan fingerprint density at radius 2 is 2.22 bits per heavy atom. The van der Waals surface area contributed by atoms with Crippen molar-refractivity contribution in [2.45, 2.75) is 19.3 Å². The highest BCUT2D eigenvalue weighted by Gasteiger charge is 2.04. The summed E-state index contributed by atoms with van der Waals surface area (Å²) in [4.78, 5) is 11.8. The van der Waals surface area contributed by atoms with Crippen LogP contribution in [0.15, 0.2) is 48.2 Å². The van der Waals surface area contributed by atoms with Gasteiger partial charge in [0.25, 0.3) is 5.91 Å². The van der Waals surface area contributed by atoms with Crippen molar-refractivity contribution >= 4 is 28.5 Å². The summed E-state index contributed by atoms with van der Waals surface area (Å²) in [5, 5.41) is 0. The van der Waals surface area contributed by atoms with Crippen LogP contribution in [0.4, 0.5) is 0 Å². The zero-order valence-corrected chi connectivity index (χ0v) is 12.1. The normalized spacial score (nSPS) is 16.6. The lowest BCUT2D eigenvalue weighted by atomic mass is 10.0. The molecule has 2 N–H and O–H groups in total. The summed E-state index contributed by atoms with van der Waals surface area (Å²) in [5.74, 6) is -0.114. The van der Waals surface area contributed by atoms with E-state index in [4.69, 9.17) is 0 Å². The van der Waals surface area contributed by atoms with Crippen LogP contribution in [0.25, 0.3) is 0 Å². The third kappa shape index (κ3) is 3.87. The maximum Gasteiger partial charge on any atom is 0.269 e. The summed E-state index contributed by atoms with van der Waals surface area (Å²) in [7, 11) is 0. The van der Waals surface area contributed by atoms with E-state index in [1.807, 2.05) is 24.4 Å². The van der Waals surface area contributed by atoms with Crippen molar-refractivity contribution < 1.29 is 4.79 Å². The Morgan fingerprint density at radius 1 is 1.33 bits per heavy atom. The number of rotatable bonds is 3. The fraction of sp³-hybridized carbons (Fsp3) is 0.214. The van der Waals surface area contributed by atoms with Gasteiger partial charge in [0.2, 0.25) is 0 Å². The van der Waals surface area contributed by atoms with Crippen LogP contribution in [0, 0.1) is 3.57 Å². The second-order valence-corrected chi connectivity index (χ2v) is 5.37. The van der Waals surface area contributed by atoms with Crippen LogP contribution in [0.1, 0.15) is 29.6 Å². The van der Waals surface area contributed by atoms with Crippen LogP contribution in [0.2, 0.25) is 0 Å². The van der Waals surface area contributed by atoms with Crippen LogP contribution >= 0.6 is 22.6 Å². The highest BCUT2D eigenvalue weighted by molar-refractivity contribution is 14.1. The van der Waals surface area contributed by atoms with Gasteiger partial charge in [-0.15, -0.1) is 0 Å². The lowest BCUT2D eigenvalue weighted by Crippen LogP contribution is -2.33. The molecule has 0 aromatic heterocycles. The molecule has 0 aliphatic heterocycles. The van der Waals surface area contributed by atoms with Crippen molar-refractivity contribution in [3.63, 3.8) is 0 Å². The van der Waals surface area contributed by atoms with Gasteiger partial charge in [-0.25, -0.2) is 0 Å². The minimum Gasteiger partial charge on any atom is -0.306 e. The van der Waals surface area contributed by atoms with Gasteiger partial charge >= 0.3 is 0 Å². The van der Waals surface area contributed by atoms with E-state index in [0.29, 0.717) is 5.56 Å². The summed E-state index contributed by atoms with van der Waals surface area (Å²) in [6.45, 7) is 0. The minimum atomic E-state index is -0.114. The predicted octanol–water partition coefficient (Wildman–Crippen LogP) is 3.15. The molecular formula is C14H15IN2O. The molecule has 1 amide bonds. The van der Waals surface area contributed by atoms with Gasteiger partial charge in [-0.3, -0.25) is 10.2 Å². The van der Waals surface area contributed by atoms with E-state index in [1.165, 1.54) is 5.57 Å². The Kier molecular flexibility index (Phi) is 4.81. The molecule has 0 spiro atoms. The first-order valence-corrected chi connectivity index (χ1v) is 6.98. The molecule has 1 aliphatic rings. The Hall–Kier alpha value is -1.30. The van der Waals surface area contributed by atoms with Gasteiger partial charge < -0.3 is 5.43 Å². The largest absolute Gasteiger partial charge is 0.306 e. The standard InChI is InChI=1S/C14H15IN2O/c15-13-8-4-7-12(9-13)14(18)17-16-10-11-5-2-1-3-6-11/h1-2,4,7-10,16H,3,5-6H2,(H,17,18). The highest BCUT2D eigenvalue weighted by atomic mass is 127. The fourth-order valence-corrected chi connectivity index (χ4v) is 2.30. The van der Waals surface area contributed by atoms with Crippen LogP contribution in [0.5, 0.6) is 0 Å². The number of amides is 1. The second-order valence-electron chi connectivity index (χ2n) is 4.13. The zero-order valence-electron chi connectivity index (χ0n) is 9.95. The lowest BCUT2D eigenvalue weighted by molar-refractivity contribution is 0.0941. The number of benzene rings is 1. The molecule has 0 radical (unpaired) electrons. The number of nitrogens with one attached hydrogen (secondary N) is 2. The lowest BCUT2D eigenvalue weighted by Gasteiger charge is -2.10. The smallest absolute Gasteiger partial charge is 0.269 e. The molecule has 18 heavy (non-hydrogen) atoms. The first kappa shape index (κ1) is 13.1. The van der Waals surface area contributed by atoms with Gasteiger partial charge in [0.15, 0.2) is 0 Å². The Bertz CT molecular complexity index is 494. The first-order chi connectivity index (χ1) is 8.75. The molecule has 0 atom stereocenters. The number of hydrazine groups is 1. The van der Waals surface area contributed by atoms with Crippen molar-refractivity contribution in [3.05, 3.63) is 57.3 Å². The van der Waals surface area contributed by atoms with Crippen LogP contribution in [-0.4, -0.2) is 5.91 Å². The number of allylic oxidation sites excluding steroid dienone is 3. The quantitative estimate of drug-likeness (QED) is 0.498. The van der Waals surface area contributed by atoms with Crippen molar-refractivity contribution in [1.29, 1.82) is 0 Å². The van der Waals surface area contributed by atoms with Crippen LogP contribution in [-0.2, 0) is 0 Å². The van der Waals surface area contributed by atoms with Crippen molar-refractivity contribution in [2.24, 2.45) is 0 Å². The molecule has 0 saturated carbocycles. The molecule has 2 rings (SSSR count). The maximum atomic E-state index is 11.8. The minimum absolute atomic E-state index is 0.114. The SMILES string of the molecule is O=C(NNC=C1CC=CCC1)c1cccc(I)c1. The van der Waals surface area contributed by atoms with E-state index in [9.17, 15) is 4.79 Å². The summed E-state index contributed by atoms with van der Waals surface area (Å²) < 4.78 is 1.05. The van der Waals surface area contributed by atoms with Crippen molar-refractivity contribution in [2.75, 3.05) is 0 Å². The molecular weight excluding hydrogens is 339 g/mol. The van der Waals surface area contributed by atoms with Gasteiger partial charge in [-0.1, -0.05) is 18.2 Å². The maximum absolute atomic E-state index is 11.8. The third-order valence-corrected chi connectivity index (χ3v) is 3.40. The van der Waals surface area contributed by atoms with Crippen molar-refractivity contribution in [1.82, 2.24) is 10.9 Å². The van der Waals surface area contributed by atoms with E-state index in [-0.39, 0.29) is 5.91 Å². The van der Waals surface area contributed by atoms with Gasteiger partial charge in [-0.05, 0) is 65.6 Å². The van der Waals surface area contributed by atoms with E-state index < -0.39 is 0 Å². The average molecular weight is 354 g/mol. The molecule has 0 bridgehead atoms. The Labute approximate surface area is 120 Å². The highest BCUT2D eigenvalue weighted by Crippen LogP contribution is 2.15. The number of hydrogen-bond acceptors (Lipinski definition) is 2. The molecule has 1 aliphatic carbocycles. The van der Waals surface area contributed by atoms with E-state index >= 15 is 0 Å². The molecule has 4 heteroatoms. The average Bonchev–Trinajstić information content (AvgIpc) is 2.40. The van der Waals surface area contributed by atoms with E-state index in [1.54, 1.807) is 6.07 Å². The monoisotopic (exact) mass is 354 g/mol. The molecule has 3 nitrogen and oxygen atoms in total. The Balaban J connectivity index is 1.87. The Morgan fingerprint density at radius 3 is 2.94 bits per heavy atom. The molecule has 0 heterocycles.